The molecule has 1 aromatic heterocycles. The zero-order chi connectivity index (χ0) is 19.4. The fourth-order valence-electron chi connectivity index (χ4n) is 2.36. The Morgan fingerprint density at radius 3 is 2.48 bits per heavy atom. The maximum Gasteiger partial charge on any atom is 0.250 e. The van der Waals surface area contributed by atoms with E-state index in [0.29, 0.717) is 28.0 Å². The van der Waals surface area contributed by atoms with Crippen molar-refractivity contribution >= 4 is 23.2 Å². The molecule has 0 saturated heterocycles. The Morgan fingerprint density at radius 1 is 1.15 bits per heavy atom. The monoisotopic (exact) mass is 387 g/mol. The lowest BCUT2D eigenvalue weighted by molar-refractivity contribution is -0.119. The molecule has 0 aliphatic rings. The van der Waals surface area contributed by atoms with Crippen molar-refractivity contribution in [1.82, 2.24) is 20.2 Å². The molecule has 1 amide bonds. The van der Waals surface area contributed by atoms with Crippen LogP contribution in [0.1, 0.15) is 13.0 Å². The molecule has 9 heteroatoms. The molecule has 1 atom stereocenters. The van der Waals surface area contributed by atoms with Crippen molar-refractivity contribution in [1.29, 1.82) is 0 Å². The van der Waals surface area contributed by atoms with E-state index in [2.05, 4.69) is 20.7 Å². The number of rotatable bonds is 6. The Labute approximate surface area is 161 Å². The third kappa shape index (κ3) is 4.35. The average molecular weight is 388 g/mol. The summed E-state index contributed by atoms with van der Waals surface area (Å²) in [5.41, 5.74) is 1.26. The van der Waals surface area contributed by atoms with E-state index in [0.717, 1.165) is 5.56 Å². The molecule has 0 spiro atoms. The number of carbonyl (C=O) groups excluding carboxylic acids is 1. The molecule has 2 aromatic carbocycles. The van der Waals surface area contributed by atoms with E-state index in [1.807, 2.05) is 6.07 Å². The highest BCUT2D eigenvalue weighted by molar-refractivity contribution is 6.30. The number of benzene rings is 2. The van der Waals surface area contributed by atoms with Gasteiger partial charge in [-0.3, -0.25) is 4.79 Å². The maximum atomic E-state index is 12.6. The van der Waals surface area contributed by atoms with Gasteiger partial charge in [-0.05, 0) is 24.3 Å². The molecule has 0 saturated carbocycles. The van der Waals surface area contributed by atoms with E-state index >= 15 is 0 Å². The number of halogens is 1. The van der Waals surface area contributed by atoms with Crippen molar-refractivity contribution in [3.63, 3.8) is 0 Å². The van der Waals surface area contributed by atoms with E-state index in [-0.39, 0.29) is 5.91 Å². The first-order chi connectivity index (χ1) is 13.0. The average Bonchev–Trinajstić information content (AvgIpc) is 3.17. The van der Waals surface area contributed by atoms with Gasteiger partial charge in [-0.25, -0.2) is 0 Å². The molecule has 0 radical (unpaired) electrons. The van der Waals surface area contributed by atoms with Crippen LogP contribution in [0, 0.1) is 0 Å². The second-order valence-corrected chi connectivity index (χ2v) is 6.15. The van der Waals surface area contributed by atoms with Crippen molar-refractivity contribution in [2.24, 2.45) is 0 Å². The number of ether oxygens (including phenoxy) is 2. The molecule has 0 bridgehead atoms. The molecular weight excluding hydrogens is 370 g/mol. The molecule has 3 rings (SSSR count). The minimum absolute atomic E-state index is 0.305. The summed E-state index contributed by atoms with van der Waals surface area (Å²) in [5.74, 6) is 1.22. The van der Waals surface area contributed by atoms with Crippen molar-refractivity contribution in [3.8, 4) is 22.9 Å². The Balaban J connectivity index is 1.76. The summed E-state index contributed by atoms with van der Waals surface area (Å²) < 4.78 is 10.4. The normalized spacial score (nSPS) is 11.7. The zero-order valence-electron chi connectivity index (χ0n) is 15.0. The van der Waals surface area contributed by atoms with Crippen molar-refractivity contribution in [3.05, 3.63) is 47.5 Å². The zero-order valence-corrected chi connectivity index (χ0v) is 15.8. The van der Waals surface area contributed by atoms with E-state index in [9.17, 15) is 4.79 Å². The van der Waals surface area contributed by atoms with Gasteiger partial charge in [0.15, 0.2) is 0 Å². The van der Waals surface area contributed by atoms with Gasteiger partial charge in [0.05, 0.1) is 14.2 Å². The standard InChI is InChI=1S/C18H18ClN5O3/c1-11(18(25)20-14-8-15(26-2)10-16(9-14)27-3)24-22-17(21-23-24)12-5-4-6-13(19)7-12/h4-11H,1-3H3,(H,20,25)/t11-/m0/s1. The first-order valence-corrected chi connectivity index (χ1v) is 8.47. The SMILES string of the molecule is COc1cc(NC(=O)[C@H](C)n2nnc(-c3cccc(Cl)c3)n2)cc(OC)c1. The lowest BCUT2D eigenvalue weighted by Gasteiger charge is -2.13. The number of aromatic nitrogens is 4. The molecule has 8 nitrogen and oxygen atoms in total. The fourth-order valence-corrected chi connectivity index (χ4v) is 2.55. The second-order valence-electron chi connectivity index (χ2n) is 5.71. The number of methoxy groups -OCH3 is 2. The molecule has 0 aliphatic heterocycles. The van der Waals surface area contributed by atoms with E-state index < -0.39 is 6.04 Å². The minimum Gasteiger partial charge on any atom is -0.497 e. The third-order valence-corrected chi connectivity index (χ3v) is 4.09. The van der Waals surface area contributed by atoms with Crippen molar-refractivity contribution in [2.75, 3.05) is 19.5 Å². The van der Waals surface area contributed by atoms with Gasteiger partial charge in [0.25, 0.3) is 5.91 Å². The van der Waals surface area contributed by atoms with Gasteiger partial charge < -0.3 is 14.8 Å². The van der Waals surface area contributed by atoms with Crippen molar-refractivity contribution in [2.45, 2.75) is 13.0 Å². The molecule has 140 valence electrons. The summed E-state index contributed by atoms with van der Waals surface area (Å²) >= 11 is 5.99. The van der Waals surface area contributed by atoms with E-state index in [1.165, 1.54) is 4.80 Å². The van der Waals surface area contributed by atoms with Gasteiger partial charge in [0.2, 0.25) is 5.82 Å². The number of nitrogens with one attached hydrogen (secondary N) is 1. The van der Waals surface area contributed by atoms with Gasteiger partial charge in [0, 0.05) is 34.5 Å². The van der Waals surface area contributed by atoms with E-state index in [1.54, 1.807) is 57.5 Å². The molecule has 3 aromatic rings. The van der Waals surface area contributed by atoms with Gasteiger partial charge in [0.1, 0.15) is 17.5 Å². The number of carbonyl (C=O) groups is 1. The summed E-state index contributed by atoms with van der Waals surface area (Å²) in [6, 6.07) is 11.5. The highest BCUT2D eigenvalue weighted by Crippen LogP contribution is 2.26. The number of tetrazole rings is 1. The Bertz CT molecular complexity index is 937. The maximum absolute atomic E-state index is 12.6. The van der Waals surface area contributed by atoms with Crippen LogP contribution in [0.2, 0.25) is 5.02 Å². The summed E-state index contributed by atoms with van der Waals surface area (Å²) in [7, 11) is 3.08. The first-order valence-electron chi connectivity index (χ1n) is 8.09. The highest BCUT2D eigenvalue weighted by Gasteiger charge is 2.19. The third-order valence-electron chi connectivity index (χ3n) is 3.86. The molecular formula is C18H18ClN5O3. The number of hydrogen-bond donors (Lipinski definition) is 1. The van der Waals surface area contributed by atoms with Crippen LogP contribution in [0.5, 0.6) is 11.5 Å². The number of anilines is 1. The number of amides is 1. The largest absolute Gasteiger partial charge is 0.497 e. The number of nitrogens with zero attached hydrogens (tertiary/aromatic N) is 4. The van der Waals surface area contributed by atoms with Gasteiger partial charge in [-0.1, -0.05) is 23.7 Å². The summed E-state index contributed by atoms with van der Waals surface area (Å²) in [6.45, 7) is 1.68. The summed E-state index contributed by atoms with van der Waals surface area (Å²) in [5, 5.41) is 15.6. The van der Waals surface area contributed by atoms with E-state index in [4.69, 9.17) is 21.1 Å². The Morgan fingerprint density at radius 2 is 1.85 bits per heavy atom. The van der Waals surface area contributed by atoms with Crippen LogP contribution >= 0.6 is 11.6 Å². The van der Waals surface area contributed by atoms with Gasteiger partial charge in [-0.15, -0.1) is 10.2 Å². The van der Waals surface area contributed by atoms with Crippen LogP contribution in [-0.2, 0) is 4.79 Å². The van der Waals surface area contributed by atoms with Crippen LogP contribution in [0.3, 0.4) is 0 Å². The van der Waals surface area contributed by atoms with Crippen LogP contribution in [0.4, 0.5) is 5.69 Å². The number of hydrogen-bond acceptors (Lipinski definition) is 6. The smallest absolute Gasteiger partial charge is 0.250 e. The quantitative estimate of drug-likeness (QED) is 0.698. The van der Waals surface area contributed by atoms with Crippen molar-refractivity contribution < 1.29 is 14.3 Å². The molecule has 0 unspecified atom stereocenters. The fraction of sp³-hybridized carbons (Fsp3) is 0.222. The highest BCUT2D eigenvalue weighted by atomic mass is 35.5. The molecule has 1 N–H and O–H groups in total. The first kappa shape index (κ1) is 18.7. The summed E-state index contributed by atoms with van der Waals surface area (Å²) in [6.07, 6.45) is 0. The van der Waals surface area contributed by atoms with Gasteiger partial charge in [-0.2, -0.15) is 4.80 Å². The summed E-state index contributed by atoms with van der Waals surface area (Å²) in [4.78, 5) is 13.8. The van der Waals surface area contributed by atoms with Crippen LogP contribution < -0.4 is 14.8 Å². The predicted octanol–water partition coefficient (Wildman–Crippen LogP) is 3.21. The minimum atomic E-state index is -0.678. The second kappa shape index (κ2) is 8.05. The van der Waals surface area contributed by atoms with Crippen LogP contribution in [-0.4, -0.2) is 40.3 Å². The van der Waals surface area contributed by atoms with Gasteiger partial charge >= 0.3 is 0 Å². The van der Waals surface area contributed by atoms with Crippen LogP contribution in [0.15, 0.2) is 42.5 Å². The molecule has 1 heterocycles. The lowest BCUT2D eigenvalue weighted by Crippen LogP contribution is -2.25. The molecule has 0 aliphatic carbocycles. The molecule has 27 heavy (non-hydrogen) atoms. The Kier molecular flexibility index (Phi) is 5.56. The lowest BCUT2D eigenvalue weighted by atomic mass is 10.2. The Hall–Kier alpha value is -3.13. The molecule has 0 fully saturated rings. The predicted molar refractivity (Wildman–Crippen MR) is 101 cm³/mol. The van der Waals surface area contributed by atoms with Crippen LogP contribution in [0.25, 0.3) is 11.4 Å². The topological polar surface area (TPSA) is 91.2 Å².